The van der Waals surface area contributed by atoms with E-state index in [9.17, 15) is 9.18 Å². The van der Waals surface area contributed by atoms with E-state index in [1.807, 2.05) is 6.92 Å². The molecule has 1 unspecified atom stereocenters. The Morgan fingerprint density at radius 2 is 1.76 bits per heavy atom. The summed E-state index contributed by atoms with van der Waals surface area (Å²) in [7, 11) is 3.85. The molecule has 5 nitrogen and oxygen atoms in total. The minimum atomic E-state index is -0.367. The Morgan fingerprint density at radius 1 is 1.12 bits per heavy atom. The van der Waals surface area contributed by atoms with Crippen LogP contribution in [-0.4, -0.2) is 24.7 Å². The van der Waals surface area contributed by atoms with E-state index < -0.39 is 0 Å². The van der Waals surface area contributed by atoms with Crippen LogP contribution in [0.15, 0.2) is 42.5 Å². The van der Waals surface area contributed by atoms with Crippen molar-refractivity contribution in [3.63, 3.8) is 0 Å². The van der Waals surface area contributed by atoms with Crippen LogP contribution in [0, 0.1) is 19.8 Å². The number of anilines is 1. The van der Waals surface area contributed by atoms with Gasteiger partial charge in [-0.3, -0.25) is 17.2 Å². The second kappa shape index (κ2) is 22.9. The average Bonchev–Trinajstić information content (AvgIpc) is 2.95. The maximum absolute atomic E-state index is 12.2. The quantitative estimate of drug-likeness (QED) is 0.288. The van der Waals surface area contributed by atoms with Crippen LogP contribution in [0.5, 0.6) is 0 Å². The van der Waals surface area contributed by atoms with Gasteiger partial charge in [0.2, 0.25) is 5.91 Å². The summed E-state index contributed by atoms with van der Waals surface area (Å²) >= 11 is 5.33. The zero-order chi connectivity index (χ0) is 30.0. The Morgan fingerprint density at radius 3 is 2.17 bits per heavy atom. The van der Waals surface area contributed by atoms with Crippen LogP contribution in [0.25, 0.3) is 0 Å². The average molecular weight is 616 g/mol. The number of benzene rings is 2. The maximum atomic E-state index is 12.2. The van der Waals surface area contributed by atoms with E-state index in [1.54, 1.807) is 12.1 Å². The van der Waals surface area contributed by atoms with Gasteiger partial charge in [-0.2, -0.15) is 0 Å². The topological polar surface area (TPSA) is 76.4 Å². The fourth-order valence-electron chi connectivity index (χ4n) is 4.92. The molecule has 0 radical (unpaired) electrons. The van der Waals surface area contributed by atoms with E-state index in [2.05, 4.69) is 63.6 Å². The first-order chi connectivity index (χ1) is 19.1. The molecular formula is C33H52ClFKN3O2. The van der Waals surface area contributed by atoms with Gasteiger partial charge >= 0.3 is 51.4 Å². The second-order valence-electron chi connectivity index (χ2n) is 10.7. The monoisotopic (exact) mass is 615 g/mol. The first kappa shape index (κ1) is 40.5. The molecule has 0 bridgehead atoms. The third-order valence-corrected chi connectivity index (χ3v) is 7.33. The minimum Gasteiger partial charge on any atom is -0.538 e. The van der Waals surface area contributed by atoms with Crippen molar-refractivity contribution in [1.82, 2.24) is 5.32 Å². The number of hydrogen-bond donors (Lipinski definition) is 3. The molecule has 2 aromatic rings. The summed E-state index contributed by atoms with van der Waals surface area (Å²) in [5.74, 6) is -0.641. The Hall–Kier alpha value is -0.514. The largest absolute Gasteiger partial charge is 1.00 e. The Bertz CT molecular complexity index is 962. The van der Waals surface area contributed by atoms with Crippen molar-refractivity contribution >= 4 is 23.2 Å². The first-order valence-corrected chi connectivity index (χ1v) is 15.2. The molecule has 2 fully saturated rings. The van der Waals surface area contributed by atoms with Gasteiger partial charge in [-0.25, -0.2) is 4.39 Å². The Labute approximate surface area is 296 Å². The van der Waals surface area contributed by atoms with E-state index in [0.717, 1.165) is 38.0 Å². The van der Waals surface area contributed by atoms with Crippen LogP contribution in [0.2, 0.25) is 5.02 Å². The smallest absolute Gasteiger partial charge is 0.538 e. The molecule has 1 aliphatic carbocycles. The van der Waals surface area contributed by atoms with Gasteiger partial charge in [0.05, 0.1) is 17.2 Å². The normalized spacial score (nSPS) is 17.9. The molecule has 1 heterocycles. The summed E-state index contributed by atoms with van der Waals surface area (Å²) in [5, 5.41) is 6.83. The summed E-state index contributed by atoms with van der Waals surface area (Å²) < 4.78 is 17.5. The van der Waals surface area contributed by atoms with Crippen molar-refractivity contribution < 1.29 is 65.3 Å². The third kappa shape index (κ3) is 15.2. The Balaban J connectivity index is 0.000000685. The fraction of sp³-hybridized carbons (Fsp3) is 0.576. The van der Waals surface area contributed by atoms with Gasteiger partial charge in [0.1, 0.15) is 5.82 Å². The number of aryl methyl sites for hydroxylation is 1. The van der Waals surface area contributed by atoms with E-state index in [-0.39, 0.29) is 79.7 Å². The molecule has 2 atom stereocenters. The predicted octanol–water partition coefficient (Wildman–Crippen LogP) is 5.69. The van der Waals surface area contributed by atoms with Crippen molar-refractivity contribution in [2.45, 2.75) is 117 Å². The number of carbonyl (C=O) groups is 1. The van der Waals surface area contributed by atoms with Crippen LogP contribution < -0.4 is 67.8 Å². The number of nitrogens with two attached hydrogens (primary N) is 1. The minimum absolute atomic E-state index is 0. The van der Waals surface area contributed by atoms with Crippen LogP contribution in [-0.2, 0) is 15.1 Å². The zero-order valence-electron chi connectivity index (χ0n) is 26.3. The molecule has 0 aromatic heterocycles. The van der Waals surface area contributed by atoms with Crippen molar-refractivity contribution in [2.75, 3.05) is 11.9 Å². The van der Waals surface area contributed by atoms with Crippen LogP contribution >= 0.6 is 11.6 Å². The van der Waals surface area contributed by atoms with Gasteiger partial charge in [0.25, 0.3) is 0 Å². The number of ether oxygens (including phenoxy) is 1. The van der Waals surface area contributed by atoms with Gasteiger partial charge in [-0.05, 0) is 81.7 Å². The SMILES string of the molecule is CC1CCCCO1.CCC.Fc1ccccc1Cl.[CH2-]Nc1cc(C)ccc1C1(N[C@H](CC)C(N)=O)CCCCC1.[K+]. The second-order valence-corrected chi connectivity index (χ2v) is 11.1. The molecule has 226 valence electrons. The molecule has 41 heavy (non-hydrogen) atoms. The number of hydrogen-bond acceptors (Lipinski definition) is 4. The number of primary amides is 1. The summed E-state index contributed by atoms with van der Waals surface area (Å²) in [6.07, 6.45) is 12.0. The summed E-state index contributed by atoms with van der Waals surface area (Å²) in [6.45, 7) is 11.4. The standard InChI is InChI=1S/C18H28N3O.C6H4ClF.C6H12O.C3H8.K/c1-4-15(17(19)22)21-18(10-6-5-7-11-18)14-9-8-13(2)12-16(14)20-3;7-5-3-1-2-4-6(5)8;1-6-4-2-3-5-7-6;1-3-2;/h8-9,12,15,20-21H,3-7,10-11H2,1-2H3,(H2,19,22);1-4H;6H,2-5H2,1H3;3H2,1-2H3;/q-1;;;;+1/t15-;;;;/m1..../s1. The van der Waals surface area contributed by atoms with Gasteiger partial charge in [0.15, 0.2) is 0 Å². The molecule has 1 saturated heterocycles. The molecule has 8 heteroatoms. The first-order valence-electron chi connectivity index (χ1n) is 14.9. The predicted molar refractivity (Wildman–Crippen MR) is 168 cm³/mol. The Kier molecular flexibility index (Phi) is 22.7. The number of carbonyl (C=O) groups excluding carboxylic acids is 1. The number of amides is 1. The van der Waals surface area contributed by atoms with Gasteiger partial charge in [-0.15, -0.1) is 0 Å². The molecule has 1 aliphatic heterocycles. The molecule has 4 rings (SSSR count). The van der Waals surface area contributed by atoms with E-state index in [0.29, 0.717) is 12.5 Å². The van der Waals surface area contributed by atoms with Gasteiger partial charge < -0.3 is 15.8 Å². The maximum Gasteiger partial charge on any atom is 1.00 e. The molecule has 0 spiro atoms. The molecule has 1 saturated carbocycles. The number of halogens is 2. The summed E-state index contributed by atoms with van der Waals surface area (Å²) in [5.41, 5.74) is 8.81. The van der Waals surface area contributed by atoms with Crippen LogP contribution in [0.3, 0.4) is 0 Å². The summed E-state index contributed by atoms with van der Waals surface area (Å²) in [4.78, 5) is 11.7. The van der Waals surface area contributed by atoms with Crippen molar-refractivity contribution in [1.29, 1.82) is 0 Å². The molecule has 2 aliphatic rings. The molecule has 2 aromatic carbocycles. The number of rotatable bonds is 6. The van der Waals surface area contributed by atoms with Crippen molar-refractivity contribution in [3.05, 3.63) is 71.5 Å². The molecule has 1 amide bonds. The van der Waals surface area contributed by atoms with E-state index in [1.165, 1.54) is 55.4 Å². The van der Waals surface area contributed by atoms with E-state index in [4.69, 9.17) is 22.1 Å². The molecule has 4 N–H and O–H groups in total. The van der Waals surface area contributed by atoms with Gasteiger partial charge in [0, 0.05) is 17.8 Å². The molecular weight excluding hydrogens is 564 g/mol. The number of nitrogens with one attached hydrogen (secondary N) is 2. The van der Waals surface area contributed by atoms with E-state index >= 15 is 0 Å². The third-order valence-electron chi connectivity index (χ3n) is 7.02. The van der Waals surface area contributed by atoms with Crippen molar-refractivity contribution in [3.8, 4) is 0 Å². The zero-order valence-corrected chi connectivity index (χ0v) is 30.2. The van der Waals surface area contributed by atoms with Crippen molar-refractivity contribution in [2.24, 2.45) is 5.73 Å². The van der Waals surface area contributed by atoms with Gasteiger partial charge in [-0.1, -0.05) is 82.3 Å². The van der Waals surface area contributed by atoms with Crippen LogP contribution in [0.1, 0.15) is 103 Å². The fourth-order valence-corrected chi connectivity index (χ4v) is 5.05. The summed E-state index contributed by atoms with van der Waals surface area (Å²) in [6, 6.07) is 12.2. The van der Waals surface area contributed by atoms with Crippen LogP contribution in [0.4, 0.5) is 10.1 Å².